The molecule has 1 aliphatic carbocycles. The lowest BCUT2D eigenvalue weighted by Gasteiger charge is -2.07. The van der Waals surface area contributed by atoms with Crippen molar-refractivity contribution in [2.24, 2.45) is 5.92 Å². The van der Waals surface area contributed by atoms with Crippen LogP contribution in [0.1, 0.15) is 17.9 Å². The summed E-state index contributed by atoms with van der Waals surface area (Å²) in [5.74, 6) is -0.979. The van der Waals surface area contributed by atoms with Gasteiger partial charge in [0.15, 0.2) is 0 Å². The van der Waals surface area contributed by atoms with Crippen LogP contribution in [-0.4, -0.2) is 21.5 Å². The van der Waals surface area contributed by atoms with Crippen LogP contribution in [-0.2, 0) is 4.79 Å². The van der Waals surface area contributed by atoms with Crippen LogP contribution >= 0.6 is 0 Å². The van der Waals surface area contributed by atoms with E-state index in [-0.39, 0.29) is 22.7 Å². The second-order valence-electron chi connectivity index (χ2n) is 3.67. The van der Waals surface area contributed by atoms with Gasteiger partial charge in [0.1, 0.15) is 0 Å². The molecule has 0 saturated heterocycles. The van der Waals surface area contributed by atoms with Crippen molar-refractivity contribution in [3.8, 4) is 0 Å². The van der Waals surface area contributed by atoms with Gasteiger partial charge in [0.05, 0.1) is 11.6 Å². The number of nitrogens with zero attached hydrogens (tertiary/aromatic N) is 1. The largest absolute Gasteiger partial charge is 0.481 e. The Kier molecular flexibility index (Phi) is 2.34. The minimum Gasteiger partial charge on any atom is -0.481 e. The molecule has 1 aromatic rings. The van der Waals surface area contributed by atoms with Gasteiger partial charge in [-0.05, 0) is 30.0 Å². The zero-order chi connectivity index (χ0) is 11.0. The van der Waals surface area contributed by atoms with E-state index in [1.165, 1.54) is 12.1 Å². The Morgan fingerprint density at radius 1 is 1.27 bits per heavy atom. The zero-order valence-corrected chi connectivity index (χ0v) is 7.87. The summed E-state index contributed by atoms with van der Waals surface area (Å²) in [5, 5.41) is 26.2. The van der Waals surface area contributed by atoms with Crippen molar-refractivity contribution in [3.05, 3.63) is 29.8 Å². The Morgan fingerprint density at radius 3 is 2.27 bits per heavy atom. The second-order valence-corrected chi connectivity index (χ2v) is 3.67. The molecule has 5 nitrogen and oxygen atoms in total. The first-order valence-corrected chi connectivity index (χ1v) is 4.60. The Hall–Kier alpha value is -1.59. The summed E-state index contributed by atoms with van der Waals surface area (Å²) in [5.41, 5.74) is 1.18. The fourth-order valence-corrected chi connectivity index (χ4v) is 1.69. The smallest absolute Gasteiger partial charge is 0.307 e. The Balaban J connectivity index is 2.09. The average Bonchev–Trinajstić information content (AvgIpc) is 2.97. The minimum absolute atomic E-state index is 0.0331. The molecule has 80 valence electrons. The molecule has 0 aliphatic heterocycles. The maximum absolute atomic E-state index is 10.6. The summed E-state index contributed by atoms with van der Waals surface area (Å²) < 4.78 is 0. The van der Waals surface area contributed by atoms with E-state index in [1.54, 1.807) is 12.1 Å². The number of carboxylic acid groups (broad SMARTS) is 1. The highest BCUT2D eigenvalue weighted by Gasteiger charge is 2.43. The molecule has 0 aromatic heterocycles. The van der Waals surface area contributed by atoms with E-state index in [0.717, 1.165) is 5.56 Å². The van der Waals surface area contributed by atoms with Crippen molar-refractivity contribution in [3.63, 3.8) is 0 Å². The summed E-state index contributed by atoms with van der Waals surface area (Å²) in [4.78, 5) is 10.6. The molecular weight excluding hydrogens is 198 g/mol. The fourth-order valence-electron chi connectivity index (χ4n) is 1.69. The lowest BCUT2D eigenvalue weighted by Crippen LogP contribution is -2.10. The third-order valence-corrected chi connectivity index (χ3v) is 2.66. The molecule has 0 amide bonds. The molecule has 0 heterocycles. The highest BCUT2D eigenvalue weighted by molar-refractivity contribution is 5.75. The standard InChI is InChI=1S/C10H11NO4/c12-10(13)9-5-8(9)6-1-3-7(4-2-6)11(14)15/h1-4,8-9,14-15H,5H2,(H,12,13). The van der Waals surface area contributed by atoms with Gasteiger partial charge in [-0.2, -0.15) is 0 Å². The molecule has 1 saturated carbocycles. The van der Waals surface area contributed by atoms with Crippen molar-refractivity contribution in [1.82, 2.24) is 0 Å². The van der Waals surface area contributed by atoms with Gasteiger partial charge in [0.25, 0.3) is 0 Å². The number of benzene rings is 1. The molecule has 0 radical (unpaired) electrons. The second kappa shape index (κ2) is 3.52. The van der Waals surface area contributed by atoms with Gasteiger partial charge in [-0.3, -0.25) is 15.2 Å². The first-order valence-electron chi connectivity index (χ1n) is 4.60. The summed E-state index contributed by atoms with van der Waals surface area (Å²) in [7, 11) is 0. The van der Waals surface area contributed by atoms with Crippen LogP contribution in [0.4, 0.5) is 5.69 Å². The maximum atomic E-state index is 10.6. The van der Waals surface area contributed by atoms with Gasteiger partial charge in [0.2, 0.25) is 0 Å². The third kappa shape index (κ3) is 1.93. The van der Waals surface area contributed by atoms with Crippen molar-refractivity contribution >= 4 is 11.7 Å². The predicted molar refractivity (Wildman–Crippen MR) is 51.0 cm³/mol. The molecule has 3 N–H and O–H groups in total. The van der Waals surface area contributed by atoms with E-state index in [4.69, 9.17) is 15.5 Å². The van der Waals surface area contributed by atoms with Crippen LogP contribution in [0.15, 0.2) is 24.3 Å². The Bertz CT molecular complexity index is 374. The van der Waals surface area contributed by atoms with Crippen LogP contribution in [0, 0.1) is 5.92 Å². The van der Waals surface area contributed by atoms with Gasteiger partial charge < -0.3 is 5.11 Å². The molecule has 1 aromatic carbocycles. The number of aliphatic carboxylic acids is 1. The Labute approximate surface area is 86.1 Å². The number of hydrogen-bond donors (Lipinski definition) is 3. The average molecular weight is 209 g/mol. The summed E-state index contributed by atoms with van der Waals surface area (Å²) in [6, 6.07) is 6.49. The monoisotopic (exact) mass is 209 g/mol. The number of carboxylic acids is 1. The van der Waals surface area contributed by atoms with Crippen molar-refractivity contribution in [2.75, 3.05) is 5.23 Å². The third-order valence-electron chi connectivity index (χ3n) is 2.66. The fraction of sp³-hybridized carbons (Fsp3) is 0.300. The lowest BCUT2D eigenvalue weighted by atomic mass is 10.1. The van der Waals surface area contributed by atoms with Crippen molar-refractivity contribution in [2.45, 2.75) is 12.3 Å². The highest BCUT2D eigenvalue weighted by atomic mass is 16.8. The molecule has 1 fully saturated rings. The van der Waals surface area contributed by atoms with Gasteiger partial charge in [-0.1, -0.05) is 12.1 Å². The first kappa shape index (κ1) is 9.95. The minimum atomic E-state index is -0.769. The molecular formula is C10H11NO4. The van der Waals surface area contributed by atoms with E-state index >= 15 is 0 Å². The zero-order valence-electron chi connectivity index (χ0n) is 7.87. The van der Waals surface area contributed by atoms with Crippen LogP contribution in [0.3, 0.4) is 0 Å². The van der Waals surface area contributed by atoms with Gasteiger partial charge >= 0.3 is 5.97 Å². The van der Waals surface area contributed by atoms with E-state index < -0.39 is 5.97 Å². The molecule has 2 atom stereocenters. The number of anilines is 1. The van der Waals surface area contributed by atoms with Crippen molar-refractivity contribution in [1.29, 1.82) is 0 Å². The van der Waals surface area contributed by atoms with Crippen LogP contribution in [0.5, 0.6) is 0 Å². The molecule has 1 aliphatic rings. The van der Waals surface area contributed by atoms with E-state index in [0.29, 0.717) is 6.42 Å². The maximum Gasteiger partial charge on any atom is 0.307 e. The quantitative estimate of drug-likeness (QED) is 0.656. The summed E-state index contributed by atoms with van der Waals surface area (Å²) >= 11 is 0. The molecule has 0 spiro atoms. The first-order chi connectivity index (χ1) is 7.09. The highest BCUT2D eigenvalue weighted by Crippen LogP contribution is 2.47. The topological polar surface area (TPSA) is 81.0 Å². The molecule has 0 bridgehead atoms. The normalized spacial score (nSPS) is 23.6. The van der Waals surface area contributed by atoms with Gasteiger partial charge in [0, 0.05) is 0 Å². The number of rotatable bonds is 3. The van der Waals surface area contributed by atoms with Crippen LogP contribution in [0.2, 0.25) is 0 Å². The SMILES string of the molecule is O=C(O)C1CC1c1ccc(N(O)O)cc1. The molecule has 5 heteroatoms. The van der Waals surface area contributed by atoms with Crippen molar-refractivity contribution < 1.29 is 20.3 Å². The molecule has 15 heavy (non-hydrogen) atoms. The van der Waals surface area contributed by atoms with Gasteiger partial charge in [-0.25, -0.2) is 0 Å². The summed E-state index contributed by atoms with van der Waals surface area (Å²) in [6.07, 6.45) is 0.663. The van der Waals surface area contributed by atoms with E-state index in [2.05, 4.69) is 0 Å². The van der Waals surface area contributed by atoms with E-state index in [1.807, 2.05) is 0 Å². The predicted octanol–water partition coefficient (Wildman–Crippen LogP) is 1.46. The van der Waals surface area contributed by atoms with Crippen LogP contribution in [0.25, 0.3) is 0 Å². The van der Waals surface area contributed by atoms with Gasteiger partial charge in [-0.15, -0.1) is 5.23 Å². The number of hydrogen-bond acceptors (Lipinski definition) is 4. The summed E-state index contributed by atoms with van der Waals surface area (Å²) in [6.45, 7) is 0. The molecule has 2 rings (SSSR count). The number of carbonyl (C=O) groups is 1. The van der Waals surface area contributed by atoms with Crippen LogP contribution < -0.4 is 5.23 Å². The Morgan fingerprint density at radius 2 is 1.87 bits per heavy atom. The lowest BCUT2D eigenvalue weighted by molar-refractivity contribution is -0.138. The van der Waals surface area contributed by atoms with E-state index in [9.17, 15) is 4.79 Å². The molecule has 2 unspecified atom stereocenters.